The van der Waals surface area contributed by atoms with Crippen molar-refractivity contribution in [1.82, 2.24) is 19.9 Å². The van der Waals surface area contributed by atoms with Gasteiger partial charge >= 0.3 is 0 Å². The van der Waals surface area contributed by atoms with Gasteiger partial charge in [0.1, 0.15) is 17.9 Å². The van der Waals surface area contributed by atoms with E-state index in [1.165, 1.54) is 0 Å². The number of nitrogens with one attached hydrogen (secondary N) is 2. The molecule has 9 heteroatoms. The number of fused-ring (bicyclic) bond motifs is 3. The summed E-state index contributed by atoms with van der Waals surface area (Å²) in [5.74, 6) is 1.47. The van der Waals surface area contributed by atoms with E-state index in [-0.39, 0.29) is 18.4 Å². The third kappa shape index (κ3) is 8.25. The first kappa shape index (κ1) is 31.5. The van der Waals surface area contributed by atoms with Gasteiger partial charge in [-0.1, -0.05) is 38.6 Å². The van der Waals surface area contributed by atoms with Crippen LogP contribution in [0.4, 0.5) is 5.82 Å². The fraction of sp³-hybridized carbons (Fsp3) is 0.581. The Labute approximate surface area is 238 Å². The van der Waals surface area contributed by atoms with Crippen LogP contribution in [0.15, 0.2) is 36.5 Å². The van der Waals surface area contributed by atoms with Gasteiger partial charge in [-0.2, -0.15) is 0 Å². The van der Waals surface area contributed by atoms with E-state index in [0.29, 0.717) is 61.6 Å². The Morgan fingerprint density at radius 2 is 1.82 bits per heavy atom. The SMILES string of the molecule is C=C(Nc1nc2ccccc2c2c1nc(COCC)n2CC(C)(C)O)[C@H](CC(C)C)NC(=O)CC(C)(C)OCC. The van der Waals surface area contributed by atoms with E-state index in [1.807, 2.05) is 56.5 Å². The average molecular weight is 554 g/mol. The number of benzene rings is 1. The van der Waals surface area contributed by atoms with E-state index < -0.39 is 11.2 Å². The summed E-state index contributed by atoms with van der Waals surface area (Å²) in [4.78, 5) is 22.9. The van der Waals surface area contributed by atoms with Gasteiger partial charge < -0.3 is 29.8 Å². The highest BCUT2D eigenvalue weighted by molar-refractivity contribution is 6.07. The summed E-state index contributed by atoms with van der Waals surface area (Å²) in [7, 11) is 0. The Morgan fingerprint density at radius 3 is 2.45 bits per heavy atom. The van der Waals surface area contributed by atoms with Gasteiger partial charge in [0.25, 0.3) is 0 Å². The minimum absolute atomic E-state index is 0.0999. The molecular formula is C31H47N5O4. The second-order valence-electron chi connectivity index (χ2n) is 12.0. The molecule has 3 N–H and O–H groups in total. The minimum Gasteiger partial charge on any atom is -0.389 e. The van der Waals surface area contributed by atoms with Gasteiger partial charge in [0.05, 0.1) is 41.2 Å². The van der Waals surface area contributed by atoms with Crippen molar-refractivity contribution in [2.24, 2.45) is 5.92 Å². The van der Waals surface area contributed by atoms with Crippen molar-refractivity contribution in [2.75, 3.05) is 18.5 Å². The maximum absolute atomic E-state index is 13.0. The molecule has 0 aliphatic heterocycles. The number of carbonyl (C=O) groups excluding carboxylic acids is 1. The number of amides is 1. The first-order valence-corrected chi connectivity index (χ1v) is 14.2. The summed E-state index contributed by atoms with van der Waals surface area (Å²) in [5.41, 5.74) is 1.40. The van der Waals surface area contributed by atoms with Crippen LogP contribution >= 0.6 is 0 Å². The largest absolute Gasteiger partial charge is 0.389 e. The summed E-state index contributed by atoms with van der Waals surface area (Å²) >= 11 is 0. The lowest BCUT2D eigenvalue weighted by Crippen LogP contribution is -2.42. The van der Waals surface area contributed by atoms with E-state index in [4.69, 9.17) is 19.4 Å². The lowest BCUT2D eigenvalue weighted by atomic mass is 9.99. The van der Waals surface area contributed by atoms with E-state index in [0.717, 1.165) is 16.4 Å². The molecule has 220 valence electrons. The standard InChI is InChI=1S/C31H47N5O4/c1-10-39-18-25-35-27-28(36(25)19-30(6,7)38)22-14-12-13-15-23(22)34-29(27)32-21(5)24(16-20(3)4)33-26(37)17-31(8,9)40-11-2/h12-15,20,24,38H,5,10-11,16-19H2,1-4,6-9H3,(H,32,34)(H,33,37)/t24-/m0/s1. The summed E-state index contributed by atoms with van der Waals surface area (Å²) in [6.07, 6.45) is 0.940. The number of nitrogens with zero attached hydrogens (tertiary/aromatic N) is 3. The van der Waals surface area contributed by atoms with Gasteiger partial charge in [-0.3, -0.25) is 4.79 Å². The Hall–Kier alpha value is -3.01. The van der Waals surface area contributed by atoms with Gasteiger partial charge in [0.15, 0.2) is 5.82 Å². The predicted octanol–water partition coefficient (Wildman–Crippen LogP) is 5.55. The molecule has 0 aliphatic carbocycles. The second kappa shape index (κ2) is 13.1. The normalized spacial score (nSPS) is 13.2. The quantitative estimate of drug-likeness (QED) is 0.226. The van der Waals surface area contributed by atoms with Crippen LogP contribution < -0.4 is 10.6 Å². The minimum atomic E-state index is -0.974. The molecule has 1 atom stereocenters. The first-order valence-electron chi connectivity index (χ1n) is 14.2. The molecule has 0 spiro atoms. The van der Waals surface area contributed by atoms with E-state index in [2.05, 4.69) is 31.1 Å². The molecule has 2 aromatic heterocycles. The molecule has 40 heavy (non-hydrogen) atoms. The number of imidazole rings is 1. The third-order valence-electron chi connectivity index (χ3n) is 6.51. The molecule has 0 saturated carbocycles. The lowest BCUT2D eigenvalue weighted by Gasteiger charge is -2.28. The van der Waals surface area contributed by atoms with Crippen LogP contribution in [-0.2, 0) is 27.4 Å². The number of aromatic nitrogens is 3. The molecule has 0 bridgehead atoms. The molecular weight excluding hydrogens is 506 g/mol. The highest BCUT2D eigenvalue weighted by Gasteiger charge is 2.27. The van der Waals surface area contributed by atoms with Gasteiger partial charge in [-0.15, -0.1) is 0 Å². The van der Waals surface area contributed by atoms with Gasteiger partial charge in [0.2, 0.25) is 5.91 Å². The zero-order valence-electron chi connectivity index (χ0n) is 25.4. The molecule has 0 saturated heterocycles. The van der Waals surface area contributed by atoms with Crippen LogP contribution in [0.3, 0.4) is 0 Å². The van der Waals surface area contributed by atoms with Gasteiger partial charge in [-0.25, -0.2) is 9.97 Å². The van der Waals surface area contributed by atoms with Crippen LogP contribution in [0.2, 0.25) is 0 Å². The van der Waals surface area contributed by atoms with Crippen molar-refractivity contribution in [3.63, 3.8) is 0 Å². The van der Waals surface area contributed by atoms with Crippen LogP contribution in [0.5, 0.6) is 0 Å². The predicted molar refractivity (Wildman–Crippen MR) is 161 cm³/mol. The van der Waals surface area contributed by atoms with Crippen molar-refractivity contribution >= 4 is 33.7 Å². The van der Waals surface area contributed by atoms with E-state index >= 15 is 0 Å². The summed E-state index contributed by atoms with van der Waals surface area (Å²) < 4.78 is 13.5. The number of hydrogen-bond acceptors (Lipinski definition) is 7. The maximum Gasteiger partial charge on any atom is 0.223 e. The van der Waals surface area contributed by atoms with Crippen LogP contribution in [0.1, 0.15) is 74.1 Å². The van der Waals surface area contributed by atoms with Crippen LogP contribution in [-0.4, -0.2) is 56.0 Å². The number of ether oxygens (including phenoxy) is 2. The first-order chi connectivity index (χ1) is 18.7. The fourth-order valence-electron chi connectivity index (χ4n) is 4.90. The number of rotatable bonds is 15. The van der Waals surface area contributed by atoms with Crippen LogP contribution in [0, 0.1) is 5.92 Å². The molecule has 3 rings (SSSR count). The molecule has 0 fully saturated rings. The molecule has 1 amide bonds. The fourth-order valence-corrected chi connectivity index (χ4v) is 4.90. The van der Waals surface area contributed by atoms with E-state index in [1.54, 1.807) is 13.8 Å². The summed E-state index contributed by atoms with van der Waals surface area (Å²) in [6, 6.07) is 7.55. The lowest BCUT2D eigenvalue weighted by molar-refractivity contribution is -0.127. The topological polar surface area (TPSA) is 111 Å². The highest BCUT2D eigenvalue weighted by atomic mass is 16.5. The molecule has 0 unspecified atom stereocenters. The molecule has 2 heterocycles. The average Bonchev–Trinajstić information content (AvgIpc) is 3.18. The zero-order chi connectivity index (χ0) is 29.7. The van der Waals surface area contributed by atoms with Crippen LogP contribution in [0.25, 0.3) is 21.9 Å². The number of aliphatic hydroxyl groups is 1. The molecule has 0 aliphatic rings. The number of para-hydroxylation sites is 1. The van der Waals surface area contributed by atoms with Crippen molar-refractivity contribution in [3.05, 3.63) is 42.4 Å². The van der Waals surface area contributed by atoms with Gasteiger partial charge in [0, 0.05) is 24.3 Å². The number of carbonyl (C=O) groups is 1. The van der Waals surface area contributed by atoms with Gasteiger partial charge in [-0.05, 0) is 59.9 Å². The molecule has 3 aromatic rings. The monoisotopic (exact) mass is 553 g/mol. The van der Waals surface area contributed by atoms with Crippen molar-refractivity contribution in [1.29, 1.82) is 0 Å². The number of hydrogen-bond donors (Lipinski definition) is 3. The smallest absolute Gasteiger partial charge is 0.223 e. The zero-order valence-corrected chi connectivity index (χ0v) is 25.4. The molecule has 9 nitrogen and oxygen atoms in total. The Bertz CT molecular complexity index is 1320. The summed E-state index contributed by atoms with van der Waals surface area (Å²) in [5, 5.41) is 18.2. The Balaban J connectivity index is 2.05. The highest BCUT2D eigenvalue weighted by Crippen LogP contribution is 2.32. The Morgan fingerprint density at radius 1 is 1.12 bits per heavy atom. The third-order valence-corrected chi connectivity index (χ3v) is 6.51. The van der Waals surface area contributed by atoms with E-state index in [9.17, 15) is 9.90 Å². The summed E-state index contributed by atoms with van der Waals surface area (Å²) in [6.45, 7) is 21.5. The second-order valence-corrected chi connectivity index (χ2v) is 12.0. The van der Waals surface area contributed by atoms with Crippen molar-refractivity contribution in [3.8, 4) is 0 Å². The number of anilines is 1. The van der Waals surface area contributed by atoms with Crippen molar-refractivity contribution < 1.29 is 19.4 Å². The van der Waals surface area contributed by atoms with Crippen molar-refractivity contribution in [2.45, 2.75) is 98.6 Å². The number of pyridine rings is 1. The molecule has 0 radical (unpaired) electrons. The maximum atomic E-state index is 13.0. The Kier molecular flexibility index (Phi) is 10.3. The molecule has 1 aromatic carbocycles.